The number of aromatic carboxylic acids is 1. The number of fused-ring (bicyclic) bond motifs is 3. The minimum atomic E-state index is -1.04. The van der Waals surface area contributed by atoms with Crippen LogP contribution in [0.15, 0.2) is 71.6 Å². The Labute approximate surface area is 204 Å². The zero-order chi connectivity index (χ0) is 24.0. The van der Waals surface area contributed by atoms with Crippen molar-refractivity contribution in [3.05, 3.63) is 99.4 Å². The second-order valence-corrected chi connectivity index (χ2v) is 10.3. The summed E-state index contributed by atoms with van der Waals surface area (Å²) in [5.41, 5.74) is 2.20. The smallest absolute Gasteiger partial charge is 0.335 e. The van der Waals surface area contributed by atoms with Crippen LogP contribution in [0.2, 0.25) is 0 Å². The van der Waals surface area contributed by atoms with E-state index in [2.05, 4.69) is 5.32 Å². The molecule has 3 aromatic rings. The van der Waals surface area contributed by atoms with Gasteiger partial charge in [0.25, 0.3) is 5.69 Å². The van der Waals surface area contributed by atoms with Crippen LogP contribution in [0.3, 0.4) is 0 Å². The summed E-state index contributed by atoms with van der Waals surface area (Å²) < 4.78 is 14.8. The standard InChI is InChI=1S/C25H20ClFN2O4S/c26-23-21(34-20-8-4-3-7-19(20)29(32)33)12-16-22(23)15-11-13(25(30)31)9-10-18(15)28-24(16)14-5-1-2-6-17(14)27/h1-11,16,21-24,28H,12H2,(H,30,31)/t16-,21-,22+,23-,24+/m0/s1. The predicted octanol–water partition coefficient (Wildman–Crippen LogP) is 6.47. The lowest BCUT2D eigenvalue weighted by molar-refractivity contribution is -0.387. The average Bonchev–Trinajstić information content (AvgIpc) is 3.15. The lowest BCUT2D eigenvalue weighted by atomic mass is 9.76. The van der Waals surface area contributed by atoms with Gasteiger partial charge in [-0.25, -0.2) is 9.18 Å². The third kappa shape index (κ3) is 3.91. The van der Waals surface area contributed by atoms with Crippen molar-refractivity contribution in [2.45, 2.75) is 33.9 Å². The molecule has 1 aliphatic heterocycles. The molecule has 1 aliphatic carbocycles. The number of para-hydroxylation sites is 1. The summed E-state index contributed by atoms with van der Waals surface area (Å²) in [4.78, 5) is 23.3. The lowest BCUT2D eigenvalue weighted by Crippen LogP contribution is -2.32. The maximum atomic E-state index is 14.8. The molecule has 0 aromatic heterocycles. The molecule has 0 spiro atoms. The summed E-state index contributed by atoms with van der Waals surface area (Å²) in [5, 5.41) is 23.8. The Bertz CT molecular complexity index is 1290. The monoisotopic (exact) mass is 498 g/mol. The van der Waals surface area contributed by atoms with Crippen LogP contribution >= 0.6 is 23.4 Å². The quantitative estimate of drug-likeness (QED) is 0.238. The highest BCUT2D eigenvalue weighted by Crippen LogP contribution is 2.58. The molecule has 6 nitrogen and oxygen atoms in total. The van der Waals surface area contributed by atoms with Gasteiger partial charge in [-0.2, -0.15) is 0 Å². The van der Waals surface area contributed by atoms with Gasteiger partial charge < -0.3 is 10.4 Å². The largest absolute Gasteiger partial charge is 0.478 e. The number of nitro benzene ring substituents is 1. The highest BCUT2D eigenvalue weighted by atomic mass is 35.5. The van der Waals surface area contributed by atoms with Gasteiger partial charge in [-0.05, 0) is 48.2 Å². The highest BCUT2D eigenvalue weighted by molar-refractivity contribution is 8.00. The molecule has 34 heavy (non-hydrogen) atoms. The predicted molar refractivity (Wildman–Crippen MR) is 129 cm³/mol. The van der Waals surface area contributed by atoms with Crippen LogP contribution in [0.25, 0.3) is 0 Å². The molecule has 1 heterocycles. The van der Waals surface area contributed by atoms with Crippen LogP contribution in [0.5, 0.6) is 0 Å². The van der Waals surface area contributed by atoms with Crippen LogP contribution in [0.1, 0.15) is 39.9 Å². The summed E-state index contributed by atoms with van der Waals surface area (Å²) in [5.74, 6) is -1.74. The van der Waals surface area contributed by atoms with E-state index < -0.39 is 16.3 Å². The molecule has 5 atom stereocenters. The average molecular weight is 499 g/mol. The van der Waals surface area contributed by atoms with Crippen molar-refractivity contribution < 1.29 is 19.2 Å². The molecule has 0 saturated heterocycles. The van der Waals surface area contributed by atoms with Crippen LogP contribution in [0.4, 0.5) is 15.8 Å². The van der Waals surface area contributed by atoms with Gasteiger partial charge in [0.2, 0.25) is 0 Å². The van der Waals surface area contributed by atoms with E-state index in [0.29, 0.717) is 16.9 Å². The molecule has 2 aliphatic rings. The van der Waals surface area contributed by atoms with Gasteiger partial charge in [0.05, 0.1) is 26.8 Å². The van der Waals surface area contributed by atoms with Crippen LogP contribution < -0.4 is 5.32 Å². The number of carboxylic acid groups (broad SMARTS) is 1. The third-order valence-electron chi connectivity index (χ3n) is 6.64. The maximum absolute atomic E-state index is 14.8. The normalized spacial score (nSPS) is 25.2. The number of carboxylic acids is 1. The first kappa shape index (κ1) is 22.7. The number of nitrogens with zero attached hydrogens (tertiary/aromatic N) is 1. The number of nitro groups is 1. The summed E-state index contributed by atoms with van der Waals surface area (Å²) in [6.45, 7) is 0. The first-order valence-corrected chi connectivity index (χ1v) is 12.1. The molecular weight excluding hydrogens is 479 g/mol. The zero-order valence-corrected chi connectivity index (χ0v) is 19.3. The number of nitrogens with one attached hydrogen (secondary N) is 1. The van der Waals surface area contributed by atoms with Crippen molar-refractivity contribution in [1.29, 1.82) is 0 Å². The van der Waals surface area contributed by atoms with E-state index in [-0.39, 0.29) is 40.2 Å². The van der Waals surface area contributed by atoms with Gasteiger partial charge in [-0.15, -0.1) is 23.4 Å². The Morgan fingerprint density at radius 2 is 1.85 bits per heavy atom. The van der Waals surface area contributed by atoms with Gasteiger partial charge in [-0.3, -0.25) is 10.1 Å². The number of alkyl halides is 1. The van der Waals surface area contributed by atoms with Gasteiger partial charge in [0.1, 0.15) is 5.82 Å². The van der Waals surface area contributed by atoms with Crippen LogP contribution in [-0.2, 0) is 0 Å². The lowest BCUT2D eigenvalue weighted by Gasteiger charge is -2.38. The Hall–Kier alpha value is -3.10. The Morgan fingerprint density at radius 1 is 1.12 bits per heavy atom. The van der Waals surface area contributed by atoms with Crippen molar-refractivity contribution in [3.63, 3.8) is 0 Å². The third-order valence-corrected chi connectivity index (χ3v) is 8.75. The second-order valence-electron chi connectivity index (χ2n) is 8.50. The van der Waals surface area contributed by atoms with Gasteiger partial charge in [0, 0.05) is 28.5 Å². The Kier molecular flexibility index (Phi) is 5.95. The molecule has 1 saturated carbocycles. The Morgan fingerprint density at radius 3 is 2.59 bits per heavy atom. The van der Waals surface area contributed by atoms with E-state index >= 15 is 0 Å². The highest BCUT2D eigenvalue weighted by Gasteiger charge is 2.51. The Balaban J connectivity index is 1.57. The number of hydrogen-bond donors (Lipinski definition) is 2. The van der Waals surface area contributed by atoms with Crippen molar-refractivity contribution in [2.75, 3.05) is 5.32 Å². The summed E-state index contributed by atoms with van der Waals surface area (Å²) in [7, 11) is 0. The molecule has 0 radical (unpaired) electrons. The second kappa shape index (κ2) is 8.92. The number of halogens is 2. The number of hydrogen-bond acceptors (Lipinski definition) is 5. The number of carbonyl (C=O) groups is 1. The first-order chi connectivity index (χ1) is 16.3. The molecule has 9 heteroatoms. The van der Waals surface area contributed by atoms with Crippen molar-refractivity contribution in [3.8, 4) is 0 Å². The van der Waals surface area contributed by atoms with Gasteiger partial charge >= 0.3 is 5.97 Å². The molecule has 0 amide bonds. The maximum Gasteiger partial charge on any atom is 0.335 e. The van der Waals surface area contributed by atoms with Crippen molar-refractivity contribution in [2.24, 2.45) is 5.92 Å². The van der Waals surface area contributed by atoms with E-state index in [4.69, 9.17) is 11.6 Å². The number of rotatable bonds is 5. The number of thioether (sulfide) groups is 1. The van der Waals surface area contributed by atoms with E-state index in [0.717, 1.165) is 11.3 Å². The SMILES string of the molecule is O=C(O)c1ccc2c(c1)[C@H]1[C@@H](Cl)[C@@H](Sc3ccccc3[N+](=O)[O-])C[C@@H]1[C@@H](c1ccccc1F)N2. The van der Waals surface area contributed by atoms with Crippen molar-refractivity contribution >= 4 is 40.7 Å². The summed E-state index contributed by atoms with van der Waals surface area (Å²) in [6.07, 6.45) is 0.582. The molecule has 3 aromatic carbocycles. The van der Waals surface area contributed by atoms with Crippen LogP contribution in [-0.4, -0.2) is 26.6 Å². The van der Waals surface area contributed by atoms with E-state index in [1.165, 1.54) is 30.0 Å². The number of benzene rings is 3. The summed E-state index contributed by atoms with van der Waals surface area (Å²) >= 11 is 8.38. The fraction of sp³-hybridized carbons (Fsp3) is 0.240. The van der Waals surface area contributed by atoms with E-state index in [9.17, 15) is 24.4 Å². The molecular formula is C25H20ClFN2O4S. The fourth-order valence-electron chi connectivity index (χ4n) is 5.15. The molecule has 1 fully saturated rings. The van der Waals surface area contributed by atoms with Crippen LogP contribution in [0, 0.1) is 21.8 Å². The number of anilines is 1. The minimum Gasteiger partial charge on any atom is -0.478 e. The fourth-order valence-corrected chi connectivity index (χ4v) is 7.10. The van der Waals surface area contributed by atoms with Gasteiger partial charge in [0.15, 0.2) is 0 Å². The summed E-state index contributed by atoms with van der Waals surface area (Å²) in [6, 6.07) is 17.6. The van der Waals surface area contributed by atoms with E-state index in [1.54, 1.807) is 48.5 Å². The molecule has 0 bridgehead atoms. The molecule has 174 valence electrons. The topological polar surface area (TPSA) is 92.5 Å². The molecule has 2 N–H and O–H groups in total. The van der Waals surface area contributed by atoms with Gasteiger partial charge in [-0.1, -0.05) is 30.3 Å². The molecule has 0 unspecified atom stereocenters. The molecule has 5 rings (SSSR count). The first-order valence-electron chi connectivity index (χ1n) is 10.8. The van der Waals surface area contributed by atoms with E-state index in [1.807, 2.05) is 0 Å². The minimum absolute atomic E-state index is 0.0172. The zero-order valence-electron chi connectivity index (χ0n) is 17.7. The van der Waals surface area contributed by atoms with Crippen molar-refractivity contribution in [1.82, 2.24) is 0 Å².